The monoisotopic (exact) mass is 350 g/mol. The Morgan fingerprint density at radius 2 is 1.92 bits per heavy atom. The summed E-state index contributed by atoms with van der Waals surface area (Å²) in [6.07, 6.45) is 3.15. The minimum atomic E-state index is -0.949. The van der Waals surface area contributed by atoms with Gasteiger partial charge in [0.25, 0.3) is 11.4 Å². The van der Waals surface area contributed by atoms with Crippen molar-refractivity contribution in [1.82, 2.24) is 0 Å². The molecule has 11 nitrogen and oxygen atoms in total. The summed E-state index contributed by atoms with van der Waals surface area (Å²) in [6, 6.07) is 5.71. The molecule has 0 saturated carbocycles. The molecular formula is C14H14N4O7. The van der Waals surface area contributed by atoms with Crippen LogP contribution in [0.1, 0.15) is 17.3 Å². The molecule has 0 radical (unpaired) electrons. The average Bonchev–Trinajstić information content (AvgIpc) is 2.55. The Balaban J connectivity index is 0.000000251. The molecule has 132 valence electrons. The number of ether oxygens (including phenoxy) is 1. The normalized spacial score (nSPS) is 9.48. The van der Waals surface area contributed by atoms with Crippen molar-refractivity contribution in [2.24, 2.45) is 0 Å². The largest absolute Gasteiger partial charge is 0.868 e. The highest BCUT2D eigenvalue weighted by Gasteiger charge is 2.13. The molecular weight excluding hydrogens is 336 g/mol. The van der Waals surface area contributed by atoms with E-state index in [1.165, 1.54) is 10.9 Å². The number of aromatic nitrogens is 1. The number of hydrogen-bond acceptors (Lipinski definition) is 8. The smallest absolute Gasteiger partial charge is 0.344 e. The van der Waals surface area contributed by atoms with Gasteiger partial charge in [0.15, 0.2) is 6.20 Å². The fourth-order valence-corrected chi connectivity index (χ4v) is 1.59. The third kappa shape index (κ3) is 5.74. The maximum atomic E-state index is 11.1. The number of benzene rings is 1. The number of carbonyl (C=O) groups is 1. The number of carbonyl (C=O) groups excluding carboxylic acids is 1. The molecule has 0 fully saturated rings. The van der Waals surface area contributed by atoms with Crippen LogP contribution in [0.3, 0.4) is 0 Å². The molecule has 2 N–H and O–H groups in total. The number of nitro benzene ring substituents is 2. The number of esters is 1. The zero-order valence-corrected chi connectivity index (χ0v) is 13.0. The van der Waals surface area contributed by atoms with Gasteiger partial charge in [-0.1, -0.05) is 10.7 Å². The van der Waals surface area contributed by atoms with Crippen molar-refractivity contribution >= 4 is 17.3 Å². The number of nitrogens with zero attached hydrogens (tertiary/aromatic N) is 3. The zero-order valence-electron chi connectivity index (χ0n) is 13.0. The minimum Gasteiger partial charge on any atom is -0.868 e. The van der Waals surface area contributed by atoms with Crippen LogP contribution in [-0.4, -0.2) is 22.4 Å². The lowest BCUT2D eigenvalue weighted by Crippen LogP contribution is -2.44. The summed E-state index contributed by atoms with van der Waals surface area (Å²) < 4.78 is 6.09. The Morgan fingerprint density at radius 3 is 2.44 bits per heavy atom. The quantitative estimate of drug-likeness (QED) is 0.272. The summed E-state index contributed by atoms with van der Waals surface area (Å²) in [7, 11) is 0. The number of nitrogen functional groups attached to an aromatic ring is 1. The molecule has 1 heterocycles. The Kier molecular flexibility index (Phi) is 6.76. The second kappa shape index (κ2) is 8.76. The molecule has 0 spiro atoms. The van der Waals surface area contributed by atoms with Gasteiger partial charge in [-0.05, 0) is 18.7 Å². The molecule has 0 amide bonds. The summed E-state index contributed by atoms with van der Waals surface area (Å²) in [5.41, 5.74) is -0.789. The average molecular weight is 350 g/mol. The number of pyridine rings is 1. The van der Waals surface area contributed by atoms with Crippen LogP contribution in [0.4, 0.5) is 11.4 Å². The van der Waals surface area contributed by atoms with Crippen LogP contribution in [0, 0.1) is 20.2 Å². The van der Waals surface area contributed by atoms with Gasteiger partial charge in [0.2, 0.25) is 6.20 Å². The molecule has 1 aromatic carbocycles. The second-order valence-electron chi connectivity index (χ2n) is 4.43. The van der Waals surface area contributed by atoms with Gasteiger partial charge in [-0.25, -0.2) is 10.6 Å². The van der Waals surface area contributed by atoms with Crippen molar-refractivity contribution < 1.29 is 29.2 Å². The highest BCUT2D eigenvalue weighted by molar-refractivity contribution is 5.88. The highest BCUT2D eigenvalue weighted by Crippen LogP contribution is 2.27. The number of nitrogens with two attached hydrogens (primary N) is 1. The molecule has 0 unspecified atom stereocenters. The molecule has 0 atom stereocenters. The molecule has 1 aromatic heterocycles. The van der Waals surface area contributed by atoms with Gasteiger partial charge in [-0.15, -0.1) is 0 Å². The van der Waals surface area contributed by atoms with Crippen molar-refractivity contribution in [1.29, 1.82) is 0 Å². The second-order valence-corrected chi connectivity index (χ2v) is 4.43. The first-order valence-electron chi connectivity index (χ1n) is 6.79. The van der Waals surface area contributed by atoms with Crippen molar-refractivity contribution in [2.75, 3.05) is 12.4 Å². The van der Waals surface area contributed by atoms with E-state index < -0.39 is 27.0 Å². The van der Waals surface area contributed by atoms with Gasteiger partial charge in [0.1, 0.15) is 5.56 Å². The minimum absolute atomic E-state index is 0.350. The van der Waals surface area contributed by atoms with Crippen LogP contribution in [0.2, 0.25) is 0 Å². The fourth-order valence-electron chi connectivity index (χ4n) is 1.59. The Bertz CT molecular complexity index is 794. The van der Waals surface area contributed by atoms with Crippen LogP contribution in [0.5, 0.6) is 5.75 Å². The molecule has 0 aliphatic carbocycles. The van der Waals surface area contributed by atoms with Crippen molar-refractivity contribution in [2.45, 2.75) is 6.92 Å². The van der Waals surface area contributed by atoms with Crippen LogP contribution in [-0.2, 0) is 4.74 Å². The van der Waals surface area contributed by atoms with Gasteiger partial charge in [0.05, 0.1) is 22.5 Å². The lowest BCUT2D eigenvalue weighted by atomic mass is 10.2. The van der Waals surface area contributed by atoms with E-state index in [1.54, 1.807) is 25.3 Å². The summed E-state index contributed by atoms with van der Waals surface area (Å²) in [4.78, 5) is 29.7. The maximum absolute atomic E-state index is 11.1. The number of hydrogen-bond donors (Lipinski definition) is 1. The topological polar surface area (TPSA) is 166 Å². The van der Waals surface area contributed by atoms with Gasteiger partial charge < -0.3 is 9.84 Å². The first kappa shape index (κ1) is 19.3. The Hall–Kier alpha value is -3.76. The van der Waals surface area contributed by atoms with Crippen molar-refractivity contribution in [3.05, 3.63) is 68.5 Å². The standard InChI is InChI=1S/C8H11N2O2.C6H4N2O5/c1-2-12-8(11)7-4-3-5-10(9)6-7;9-6-2-1-4(7(10)11)3-5(6)8(12)13/h3-6H,2,9H2,1H3;1-3,9H/q+1;/p-1. The van der Waals surface area contributed by atoms with Gasteiger partial charge in [0, 0.05) is 12.1 Å². The molecule has 0 aliphatic heterocycles. The van der Waals surface area contributed by atoms with Gasteiger partial charge >= 0.3 is 5.97 Å². The van der Waals surface area contributed by atoms with Gasteiger partial charge in [-0.2, -0.15) is 0 Å². The number of rotatable bonds is 4. The summed E-state index contributed by atoms with van der Waals surface area (Å²) >= 11 is 0. The lowest BCUT2D eigenvalue weighted by molar-refractivity contribution is -0.639. The lowest BCUT2D eigenvalue weighted by Gasteiger charge is -2.03. The molecule has 25 heavy (non-hydrogen) atoms. The van der Waals surface area contributed by atoms with E-state index in [0.29, 0.717) is 18.2 Å². The Morgan fingerprint density at radius 1 is 1.24 bits per heavy atom. The van der Waals surface area contributed by atoms with Crippen LogP contribution >= 0.6 is 0 Å². The molecule has 0 bridgehead atoms. The van der Waals surface area contributed by atoms with E-state index in [4.69, 9.17) is 10.6 Å². The highest BCUT2D eigenvalue weighted by atomic mass is 16.6. The first-order valence-corrected chi connectivity index (χ1v) is 6.79. The van der Waals surface area contributed by atoms with E-state index in [0.717, 1.165) is 12.1 Å². The fraction of sp³-hybridized carbons (Fsp3) is 0.143. The van der Waals surface area contributed by atoms with Gasteiger partial charge in [-0.3, -0.25) is 20.2 Å². The van der Waals surface area contributed by atoms with E-state index in [-0.39, 0.29) is 5.97 Å². The van der Waals surface area contributed by atoms with Crippen LogP contribution in [0.25, 0.3) is 0 Å². The van der Waals surface area contributed by atoms with Crippen LogP contribution < -0.4 is 15.6 Å². The Labute approximate surface area is 141 Å². The predicted molar refractivity (Wildman–Crippen MR) is 81.9 cm³/mol. The maximum Gasteiger partial charge on any atom is 0.344 e. The molecule has 0 aliphatic rings. The van der Waals surface area contributed by atoms with Crippen LogP contribution in [0.15, 0.2) is 42.7 Å². The third-order valence-electron chi connectivity index (χ3n) is 2.68. The summed E-state index contributed by atoms with van der Waals surface area (Å²) in [5, 5.41) is 31.1. The third-order valence-corrected chi connectivity index (χ3v) is 2.68. The van der Waals surface area contributed by atoms with E-state index in [2.05, 4.69) is 0 Å². The number of non-ortho nitro benzene ring substituents is 1. The molecule has 0 saturated heterocycles. The van der Waals surface area contributed by atoms with Crippen molar-refractivity contribution in [3.8, 4) is 5.75 Å². The first-order chi connectivity index (χ1) is 11.8. The molecule has 11 heteroatoms. The predicted octanol–water partition coefficient (Wildman–Crippen LogP) is 0.441. The molecule has 2 rings (SSSR count). The zero-order chi connectivity index (χ0) is 19.0. The molecule has 2 aromatic rings. The number of nitro groups is 2. The summed E-state index contributed by atoms with van der Waals surface area (Å²) in [5.74, 6) is 4.21. The summed E-state index contributed by atoms with van der Waals surface area (Å²) in [6.45, 7) is 2.13. The SMILES string of the molecule is CCOC(=O)c1ccc[n+](N)c1.O=[N+]([O-])c1ccc([O-])c([N+](=O)[O-])c1. The van der Waals surface area contributed by atoms with Crippen molar-refractivity contribution in [3.63, 3.8) is 0 Å². The van der Waals surface area contributed by atoms with E-state index in [9.17, 15) is 30.1 Å². The van der Waals surface area contributed by atoms with E-state index >= 15 is 0 Å². The van der Waals surface area contributed by atoms with E-state index in [1.807, 2.05) is 0 Å².